The Morgan fingerprint density at radius 3 is 2.58 bits per heavy atom. The van der Waals surface area contributed by atoms with Crippen LogP contribution in [0.2, 0.25) is 0 Å². The summed E-state index contributed by atoms with van der Waals surface area (Å²) in [5.74, 6) is 0. The molecule has 1 aromatic heterocycles. The van der Waals surface area contributed by atoms with Crippen LogP contribution in [0.4, 0.5) is 0 Å². The van der Waals surface area contributed by atoms with Gasteiger partial charge in [0.15, 0.2) is 0 Å². The largest absolute Gasteiger partial charge is 0.314 e. The molecule has 1 fully saturated rings. The molecular formula is C15H27N3S. The maximum absolute atomic E-state index is 3.63. The SMILES string of the molecule is Cc1cc(CNCC(C)(C)N2CCNCC2)sc1C. The molecule has 1 aliphatic heterocycles. The Morgan fingerprint density at radius 1 is 1.32 bits per heavy atom. The monoisotopic (exact) mass is 281 g/mol. The van der Waals surface area contributed by atoms with Gasteiger partial charge < -0.3 is 10.6 Å². The normalized spacial score (nSPS) is 17.9. The predicted molar refractivity (Wildman–Crippen MR) is 84.0 cm³/mol. The molecule has 0 spiro atoms. The van der Waals surface area contributed by atoms with Crippen molar-refractivity contribution < 1.29 is 0 Å². The molecule has 0 radical (unpaired) electrons. The molecular weight excluding hydrogens is 254 g/mol. The van der Waals surface area contributed by atoms with E-state index in [0.29, 0.717) is 0 Å². The summed E-state index contributed by atoms with van der Waals surface area (Å²) in [6.07, 6.45) is 0. The van der Waals surface area contributed by atoms with Crippen LogP contribution in [0, 0.1) is 13.8 Å². The van der Waals surface area contributed by atoms with Gasteiger partial charge in [-0.25, -0.2) is 0 Å². The van der Waals surface area contributed by atoms with E-state index in [1.165, 1.54) is 15.3 Å². The highest BCUT2D eigenvalue weighted by Gasteiger charge is 2.27. The summed E-state index contributed by atoms with van der Waals surface area (Å²) in [7, 11) is 0. The van der Waals surface area contributed by atoms with Crippen molar-refractivity contribution in [2.75, 3.05) is 32.7 Å². The Hall–Kier alpha value is -0.420. The van der Waals surface area contributed by atoms with Crippen LogP contribution < -0.4 is 10.6 Å². The van der Waals surface area contributed by atoms with E-state index < -0.39 is 0 Å². The van der Waals surface area contributed by atoms with Crippen LogP contribution >= 0.6 is 11.3 Å². The standard InChI is InChI=1S/C15H27N3S/c1-12-9-14(19-13(12)2)10-17-11-15(3,4)18-7-5-16-6-8-18/h9,16-17H,5-8,10-11H2,1-4H3. The highest BCUT2D eigenvalue weighted by molar-refractivity contribution is 7.12. The fourth-order valence-electron chi connectivity index (χ4n) is 2.61. The molecule has 2 N–H and O–H groups in total. The van der Waals surface area contributed by atoms with Crippen molar-refractivity contribution in [2.45, 2.75) is 39.8 Å². The van der Waals surface area contributed by atoms with Crippen LogP contribution in [0.15, 0.2) is 6.07 Å². The van der Waals surface area contributed by atoms with Crippen molar-refractivity contribution in [3.8, 4) is 0 Å². The molecule has 1 saturated heterocycles. The zero-order valence-electron chi connectivity index (χ0n) is 12.7. The average Bonchev–Trinajstić information content (AvgIpc) is 2.69. The molecule has 2 heterocycles. The first-order valence-electron chi connectivity index (χ1n) is 7.21. The summed E-state index contributed by atoms with van der Waals surface area (Å²) < 4.78 is 0. The number of nitrogens with one attached hydrogen (secondary N) is 2. The van der Waals surface area contributed by atoms with Gasteiger partial charge >= 0.3 is 0 Å². The van der Waals surface area contributed by atoms with E-state index in [2.05, 4.69) is 49.3 Å². The summed E-state index contributed by atoms with van der Waals surface area (Å²) in [6.45, 7) is 15.7. The molecule has 1 aromatic rings. The van der Waals surface area contributed by atoms with Gasteiger partial charge in [0.1, 0.15) is 0 Å². The number of hydrogen-bond donors (Lipinski definition) is 2. The second kappa shape index (κ2) is 6.35. The molecule has 19 heavy (non-hydrogen) atoms. The molecule has 1 aliphatic rings. The van der Waals surface area contributed by atoms with Gasteiger partial charge in [0, 0.05) is 54.6 Å². The maximum atomic E-state index is 3.63. The first kappa shape index (κ1) is 15.0. The lowest BCUT2D eigenvalue weighted by Gasteiger charge is -2.41. The highest BCUT2D eigenvalue weighted by atomic mass is 32.1. The van der Waals surface area contributed by atoms with Crippen molar-refractivity contribution in [3.63, 3.8) is 0 Å². The maximum Gasteiger partial charge on any atom is 0.0300 e. The van der Waals surface area contributed by atoms with Crippen molar-refractivity contribution >= 4 is 11.3 Å². The Balaban J connectivity index is 1.80. The highest BCUT2D eigenvalue weighted by Crippen LogP contribution is 2.20. The average molecular weight is 281 g/mol. The molecule has 0 amide bonds. The zero-order chi connectivity index (χ0) is 13.9. The molecule has 108 valence electrons. The molecule has 0 unspecified atom stereocenters. The number of aryl methyl sites for hydroxylation is 2. The predicted octanol–water partition coefficient (Wildman–Crippen LogP) is 2.14. The topological polar surface area (TPSA) is 27.3 Å². The van der Waals surface area contributed by atoms with Crippen LogP contribution in [-0.2, 0) is 6.54 Å². The first-order chi connectivity index (χ1) is 8.99. The molecule has 2 rings (SSSR count). The van der Waals surface area contributed by atoms with Gasteiger partial charge in [0.2, 0.25) is 0 Å². The van der Waals surface area contributed by atoms with Gasteiger partial charge in [0.05, 0.1) is 0 Å². The smallest absolute Gasteiger partial charge is 0.0300 e. The Kier molecular flexibility index (Phi) is 5.01. The molecule has 3 nitrogen and oxygen atoms in total. The van der Waals surface area contributed by atoms with Gasteiger partial charge in [-0.2, -0.15) is 0 Å². The molecule has 0 bridgehead atoms. The van der Waals surface area contributed by atoms with E-state index in [-0.39, 0.29) is 5.54 Å². The van der Waals surface area contributed by atoms with Crippen molar-refractivity contribution in [2.24, 2.45) is 0 Å². The van der Waals surface area contributed by atoms with Gasteiger partial charge in [-0.1, -0.05) is 0 Å². The van der Waals surface area contributed by atoms with E-state index in [9.17, 15) is 0 Å². The number of hydrogen-bond acceptors (Lipinski definition) is 4. The Labute approximate surface area is 121 Å². The second-order valence-electron chi connectivity index (χ2n) is 6.10. The third-order valence-electron chi connectivity index (χ3n) is 4.05. The molecule has 0 atom stereocenters. The lowest BCUT2D eigenvalue weighted by atomic mass is 10.0. The third-order valence-corrected chi connectivity index (χ3v) is 5.20. The minimum atomic E-state index is 0.240. The Morgan fingerprint density at radius 2 is 2.00 bits per heavy atom. The number of rotatable bonds is 5. The van der Waals surface area contributed by atoms with Crippen LogP contribution in [0.25, 0.3) is 0 Å². The van der Waals surface area contributed by atoms with Gasteiger partial charge in [-0.3, -0.25) is 4.90 Å². The van der Waals surface area contributed by atoms with Crippen LogP contribution in [0.1, 0.15) is 29.2 Å². The van der Waals surface area contributed by atoms with Gasteiger partial charge in [-0.15, -0.1) is 11.3 Å². The van der Waals surface area contributed by atoms with E-state index in [0.717, 1.165) is 39.3 Å². The van der Waals surface area contributed by atoms with E-state index >= 15 is 0 Å². The minimum Gasteiger partial charge on any atom is -0.314 e. The third kappa shape index (κ3) is 4.02. The summed E-state index contributed by atoms with van der Waals surface area (Å²) in [4.78, 5) is 5.48. The Bertz CT molecular complexity index is 386. The quantitative estimate of drug-likeness (QED) is 0.866. The van der Waals surface area contributed by atoms with Crippen molar-refractivity contribution in [3.05, 3.63) is 21.4 Å². The second-order valence-corrected chi connectivity index (χ2v) is 7.45. The molecule has 0 saturated carbocycles. The van der Waals surface area contributed by atoms with E-state index in [1.54, 1.807) is 0 Å². The molecule has 0 aromatic carbocycles. The fraction of sp³-hybridized carbons (Fsp3) is 0.733. The zero-order valence-corrected chi connectivity index (χ0v) is 13.5. The molecule has 0 aliphatic carbocycles. The minimum absolute atomic E-state index is 0.240. The fourth-order valence-corrected chi connectivity index (χ4v) is 3.63. The van der Waals surface area contributed by atoms with Gasteiger partial charge in [0.25, 0.3) is 0 Å². The number of piperazine rings is 1. The van der Waals surface area contributed by atoms with Crippen molar-refractivity contribution in [1.82, 2.24) is 15.5 Å². The first-order valence-corrected chi connectivity index (χ1v) is 8.03. The van der Waals surface area contributed by atoms with Crippen molar-refractivity contribution in [1.29, 1.82) is 0 Å². The lowest BCUT2D eigenvalue weighted by molar-refractivity contribution is 0.102. The summed E-state index contributed by atoms with van der Waals surface area (Å²) >= 11 is 1.91. The van der Waals surface area contributed by atoms with Gasteiger partial charge in [-0.05, 0) is 39.3 Å². The van der Waals surface area contributed by atoms with E-state index in [1.807, 2.05) is 11.3 Å². The summed E-state index contributed by atoms with van der Waals surface area (Å²) in [5, 5.41) is 7.05. The van der Waals surface area contributed by atoms with Crippen LogP contribution in [0.3, 0.4) is 0 Å². The lowest BCUT2D eigenvalue weighted by Crippen LogP contribution is -2.57. The van der Waals surface area contributed by atoms with Crippen LogP contribution in [0.5, 0.6) is 0 Å². The number of thiophene rings is 1. The van der Waals surface area contributed by atoms with Crippen LogP contribution in [-0.4, -0.2) is 43.2 Å². The number of nitrogens with zero attached hydrogens (tertiary/aromatic N) is 1. The van der Waals surface area contributed by atoms with E-state index in [4.69, 9.17) is 0 Å². The molecule has 4 heteroatoms. The summed E-state index contributed by atoms with van der Waals surface area (Å²) in [6, 6.07) is 2.31. The summed E-state index contributed by atoms with van der Waals surface area (Å²) in [5.41, 5.74) is 1.66.